The summed E-state index contributed by atoms with van der Waals surface area (Å²) in [4.78, 5) is 10.2. The predicted octanol–water partition coefficient (Wildman–Crippen LogP) is 2.27. The Morgan fingerprint density at radius 2 is 1.34 bits per heavy atom. The second-order valence-corrected chi connectivity index (χ2v) is 6.25. The average molecular weight is 485 g/mol. The van der Waals surface area contributed by atoms with E-state index in [0.29, 0.717) is 15.9 Å². The quantitative estimate of drug-likeness (QED) is 0.108. The van der Waals surface area contributed by atoms with Crippen LogP contribution in [0, 0.1) is 15.3 Å². The van der Waals surface area contributed by atoms with Gasteiger partial charge >= 0.3 is 17.1 Å². The van der Waals surface area contributed by atoms with Crippen molar-refractivity contribution in [3.05, 3.63) is 111 Å². The molecule has 0 aromatic heterocycles. The van der Waals surface area contributed by atoms with Gasteiger partial charge in [0, 0.05) is 16.1 Å². The first-order valence-corrected chi connectivity index (χ1v) is 9.09. The number of hydrogen-bond donors (Lipinski definition) is 1. The second kappa shape index (κ2) is 13.4. The summed E-state index contributed by atoms with van der Waals surface area (Å²) in [5.74, 6) is -0.438. The smallest absolute Gasteiger partial charge is 0.872 e. The van der Waals surface area contributed by atoms with E-state index in [0.717, 1.165) is 12.4 Å². The molecule has 1 radical (unpaired) electrons. The first-order chi connectivity index (χ1) is 14.9. The Balaban J connectivity index is 0.000000393. The Morgan fingerprint density at radius 1 is 0.844 bits per heavy atom. The van der Waals surface area contributed by atoms with Gasteiger partial charge in [0.2, 0.25) is 0 Å². The van der Waals surface area contributed by atoms with Gasteiger partial charge < -0.3 is 20.6 Å². The Labute approximate surface area is 194 Å². The Kier molecular flexibility index (Phi) is 11.0. The van der Waals surface area contributed by atoms with Gasteiger partial charge in [-0.3, -0.25) is 10.1 Å². The van der Waals surface area contributed by atoms with Crippen molar-refractivity contribution < 1.29 is 42.2 Å². The molecule has 0 heterocycles. The van der Waals surface area contributed by atoms with Crippen molar-refractivity contribution in [3.8, 4) is 11.5 Å². The van der Waals surface area contributed by atoms with Gasteiger partial charge in [-0.05, 0) is 11.6 Å². The fraction of sp³-hybridized carbons (Fsp3) is 0.0909. The van der Waals surface area contributed by atoms with E-state index in [1.54, 1.807) is 60.7 Å². The molecule has 3 rings (SSSR count). The van der Waals surface area contributed by atoms with Crippen LogP contribution >= 0.6 is 0 Å². The molecule has 0 amide bonds. The average Bonchev–Trinajstić information content (AvgIpc) is 2.76. The molecule has 10 heteroatoms. The summed E-state index contributed by atoms with van der Waals surface area (Å²) in [5, 5.41) is 56.2. The van der Waals surface area contributed by atoms with Crippen LogP contribution in [0.2, 0.25) is 0 Å². The molecule has 3 aromatic carbocycles. The number of rotatable bonds is 6. The van der Waals surface area contributed by atoms with Crippen molar-refractivity contribution in [3.63, 3.8) is 0 Å². The minimum atomic E-state index is -0.971. The molecule has 0 saturated heterocycles. The standard InChI is InChI=1S/C15H14N2O4.C7H7NO2.Cu/c18-15-9-5-4-8-13(15)10-16(19)14(11-17(20)21)12-6-2-1-3-7-12;9-7-4-2-1-3-6(7)5-8-10;/h1-10,14,18H,11H2;1-5,9-10H;/q;;+2/p-2/b16-10-;8-5+;. The molecule has 0 bridgehead atoms. The summed E-state index contributed by atoms with van der Waals surface area (Å²) < 4.78 is 0.467. The Morgan fingerprint density at radius 3 is 1.84 bits per heavy atom. The molecule has 0 saturated carbocycles. The van der Waals surface area contributed by atoms with E-state index in [2.05, 4.69) is 5.16 Å². The van der Waals surface area contributed by atoms with Gasteiger partial charge in [0.15, 0.2) is 6.21 Å². The summed E-state index contributed by atoms with van der Waals surface area (Å²) in [5.41, 5.74) is 1.13. The largest absolute Gasteiger partial charge is 2.00 e. The molecular formula is C22H19CuN3O6. The van der Waals surface area contributed by atoms with Crippen LogP contribution in [0.3, 0.4) is 0 Å². The van der Waals surface area contributed by atoms with Crippen LogP contribution < -0.4 is 10.2 Å². The number of nitrogens with zero attached hydrogens (tertiary/aromatic N) is 3. The fourth-order valence-corrected chi connectivity index (χ4v) is 2.61. The number of hydrogen-bond acceptors (Lipinski definition) is 7. The van der Waals surface area contributed by atoms with Gasteiger partial charge in [-0.2, -0.15) is 4.74 Å². The molecular weight excluding hydrogens is 466 g/mol. The molecule has 169 valence electrons. The first kappa shape index (κ1) is 26.2. The van der Waals surface area contributed by atoms with Crippen LogP contribution in [0.15, 0.2) is 84.0 Å². The molecule has 32 heavy (non-hydrogen) atoms. The topological polar surface area (TPSA) is 148 Å². The zero-order chi connectivity index (χ0) is 22.6. The minimum Gasteiger partial charge on any atom is -0.872 e. The Hall–Kier alpha value is -3.88. The van der Waals surface area contributed by atoms with Gasteiger partial charge in [0.05, 0.1) is 6.21 Å². The van der Waals surface area contributed by atoms with E-state index in [1.807, 2.05) is 0 Å². The van der Waals surface area contributed by atoms with Crippen LogP contribution in [0.25, 0.3) is 0 Å². The third-order valence-corrected chi connectivity index (χ3v) is 4.11. The minimum absolute atomic E-state index is 0. The molecule has 0 aliphatic heterocycles. The number of benzene rings is 3. The maximum Gasteiger partial charge on any atom is 2.00 e. The number of oxime groups is 1. The molecule has 0 aliphatic carbocycles. The molecule has 0 aliphatic rings. The van der Waals surface area contributed by atoms with Gasteiger partial charge in [0.1, 0.15) is 0 Å². The normalized spacial score (nSPS) is 11.7. The van der Waals surface area contributed by atoms with Gasteiger partial charge in [-0.15, -0.1) is 0 Å². The van der Waals surface area contributed by atoms with Gasteiger partial charge in [-0.1, -0.05) is 89.5 Å². The van der Waals surface area contributed by atoms with E-state index in [9.17, 15) is 25.5 Å². The predicted molar refractivity (Wildman–Crippen MR) is 111 cm³/mol. The summed E-state index contributed by atoms with van der Waals surface area (Å²) in [6.45, 7) is -0.537. The van der Waals surface area contributed by atoms with Crippen LogP contribution in [-0.4, -0.2) is 33.8 Å². The maximum atomic E-state index is 12.2. The summed E-state index contributed by atoms with van der Waals surface area (Å²) >= 11 is 0. The third kappa shape index (κ3) is 8.10. The number of hydroxylamine groups is 1. The van der Waals surface area contributed by atoms with Crippen molar-refractivity contribution in [2.75, 3.05) is 6.54 Å². The number of nitro groups is 1. The van der Waals surface area contributed by atoms with Gasteiger partial charge in [-0.25, -0.2) is 0 Å². The van der Waals surface area contributed by atoms with E-state index in [-0.39, 0.29) is 34.1 Å². The zero-order valence-corrected chi connectivity index (χ0v) is 17.5. The summed E-state index contributed by atoms with van der Waals surface area (Å²) in [6, 6.07) is 19.9. The summed E-state index contributed by atoms with van der Waals surface area (Å²) in [7, 11) is 0. The van der Waals surface area contributed by atoms with Crippen LogP contribution in [0.4, 0.5) is 0 Å². The van der Waals surface area contributed by atoms with E-state index >= 15 is 0 Å². The van der Waals surface area contributed by atoms with Crippen molar-refractivity contribution in [1.29, 1.82) is 0 Å². The zero-order valence-electron chi connectivity index (χ0n) is 16.6. The van der Waals surface area contributed by atoms with E-state index in [4.69, 9.17) is 5.21 Å². The van der Waals surface area contributed by atoms with Crippen molar-refractivity contribution >= 4 is 12.4 Å². The molecule has 0 fully saturated rings. The molecule has 1 N–H and O–H groups in total. The third-order valence-electron chi connectivity index (χ3n) is 4.11. The van der Waals surface area contributed by atoms with Crippen molar-refractivity contribution in [1.82, 2.24) is 0 Å². The van der Waals surface area contributed by atoms with Crippen molar-refractivity contribution in [2.45, 2.75) is 6.04 Å². The van der Waals surface area contributed by atoms with Crippen molar-refractivity contribution in [2.24, 2.45) is 5.16 Å². The van der Waals surface area contributed by atoms with Crippen LogP contribution in [0.1, 0.15) is 22.7 Å². The maximum absolute atomic E-state index is 12.2. The number of para-hydroxylation sites is 2. The van der Waals surface area contributed by atoms with E-state index in [1.165, 1.54) is 18.2 Å². The first-order valence-electron chi connectivity index (χ1n) is 9.09. The molecule has 3 aromatic rings. The molecule has 1 unspecified atom stereocenters. The monoisotopic (exact) mass is 484 g/mol. The molecule has 1 atom stereocenters. The molecule has 0 spiro atoms. The SMILES string of the molecule is O=[N+]([O-])CC(c1ccccc1)/[N+]([O-])=C/c1ccccc1[O-].[Cu+2].[O-]c1ccccc1/C=N/O. The second-order valence-electron chi connectivity index (χ2n) is 6.25. The molecule has 9 nitrogen and oxygen atoms in total. The summed E-state index contributed by atoms with van der Waals surface area (Å²) in [6.07, 6.45) is 2.21. The fourth-order valence-electron chi connectivity index (χ4n) is 2.61. The Bertz CT molecular complexity index is 1060. The van der Waals surface area contributed by atoms with Crippen LogP contribution in [-0.2, 0) is 17.1 Å². The van der Waals surface area contributed by atoms with E-state index < -0.39 is 17.5 Å². The van der Waals surface area contributed by atoms with Gasteiger partial charge in [0.25, 0.3) is 12.6 Å². The van der Waals surface area contributed by atoms with Crippen LogP contribution in [0.5, 0.6) is 11.5 Å².